The second kappa shape index (κ2) is 10.7. The monoisotopic (exact) mass is 264 g/mol. The van der Waals surface area contributed by atoms with Crippen molar-refractivity contribution in [3.63, 3.8) is 0 Å². The Bertz CT molecular complexity index is 348. The molecule has 0 bridgehead atoms. The van der Waals surface area contributed by atoms with Gasteiger partial charge in [-0.3, -0.25) is 4.79 Å². The van der Waals surface area contributed by atoms with Gasteiger partial charge in [-0.25, -0.2) is 0 Å². The van der Waals surface area contributed by atoms with Gasteiger partial charge in [-0.15, -0.1) is 0 Å². The Morgan fingerprint density at radius 1 is 0.789 bits per heavy atom. The van der Waals surface area contributed by atoms with E-state index in [-0.39, 0.29) is 5.78 Å². The Balaban J connectivity index is 3.86. The first-order chi connectivity index (χ1) is 8.95. The maximum absolute atomic E-state index is 11.2. The number of hydrogen-bond acceptors (Lipinski definition) is 2. The Hall–Kier alpha value is -1.18. The van der Waals surface area contributed by atoms with E-state index < -0.39 is 0 Å². The van der Waals surface area contributed by atoms with Gasteiger partial charge in [0.15, 0.2) is 0 Å². The van der Waals surface area contributed by atoms with E-state index in [1.54, 1.807) is 6.92 Å². The van der Waals surface area contributed by atoms with E-state index in [1.165, 1.54) is 11.1 Å². The summed E-state index contributed by atoms with van der Waals surface area (Å²) in [6.45, 7) is 7.76. The fourth-order valence-electron chi connectivity index (χ4n) is 1.79. The van der Waals surface area contributed by atoms with Crippen LogP contribution in [-0.4, -0.2) is 11.6 Å². The van der Waals surface area contributed by atoms with Crippen LogP contribution in [0.1, 0.15) is 72.6 Å². The smallest absolute Gasteiger partial charge is 0.132 e. The fourth-order valence-corrected chi connectivity index (χ4v) is 1.79. The van der Waals surface area contributed by atoms with Crippen LogP contribution in [0.3, 0.4) is 0 Å². The summed E-state index contributed by atoms with van der Waals surface area (Å²) in [5.74, 6) is 0.591. The topological polar surface area (TPSA) is 34.1 Å². The molecular weight excluding hydrogens is 236 g/mol. The van der Waals surface area contributed by atoms with Crippen molar-refractivity contribution in [2.24, 2.45) is 0 Å². The molecule has 0 heterocycles. The van der Waals surface area contributed by atoms with E-state index in [2.05, 4.69) is 26.0 Å². The first-order valence-corrected chi connectivity index (χ1v) is 7.28. The average molecular weight is 264 g/mol. The first kappa shape index (κ1) is 17.8. The highest BCUT2D eigenvalue weighted by molar-refractivity contribution is 5.78. The lowest BCUT2D eigenvalue weighted by Gasteiger charge is -2.02. The van der Waals surface area contributed by atoms with Crippen LogP contribution in [0.25, 0.3) is 0 Å². The summed E-state index contributed by atoms with van der Waals surface area (Å²) >= 11 is 0. The molecule has 0 atom stereocenters. The molecule has 0 aromatic carbocycles. The van der Waals surface area contributed by atoms with Gasteiger partial charge in [0.05, 0.1) is 0 Å². The van der Waals surface area contributed by atoms with Gasteiger partial charge in [-0.1, -0.05) is 30.2 Å². The number of hydrogen-bond donors (Lipinski definition) is 0. The van der Waals surface area contributed by atoms with Crippen LogP contribution in [0, 0.1) is 0 Å². The molecule has 0 radical (unpaired) electrons. The third-order valence-corrected chi connectivity index (χ3v) is 3.21. The minimum absolute atomic E-state index is 0.250. The molecule has 0 N–H and O–H groups in total. The normalized spacial score (nSPS) is 12.6. The van der Waals surface area contributed by atoms with E-state index >= 15 is 0 Å². The summed E-state index contributed by atoms with van der Waals surface area (Å²) in [6, 6.07) is 0. The van der Waals surface area contributed by atoms with Crippen LogP contribution in [0.15, 0.2) is 23.3 Å². The van der Waals surface area contributed by atoms with Crippen molar-refractivity contribution in [1.82, 2.24) is 0 Å². The summed E-state index contributed by atoms with van der Waals surface area (Å²) < 4.78 is 0. The quantitative estimate of drug-likeness (QED) is 0.532. The van der Waals surface area contributed by atoms with Crippen molar-refractivity contribution in [3.05, 3.63) is 23.3 Å². The molecule has 0 amide bonds. The van der Waals surface area contributed by atoms with Crippen LogP contribution in [0.5, 0.6) is 0 Å². The average Bonchev–Trinajstić information content (AvgIpc) is 2.35. The minimum atomic E-state index is 0.250. The summed E-state index contributed by atoms with van der Waals surface area (Å²) in [5.41, 5.74) is 2.65. The molecule has 0 spiro atoms. The number of carbonyl (C=O) groups is 2. The Morgan fingerprint density at radius 2 is 1.32 bits per heavy atom. The van der Waals surface area contributed by atoms with E-state index in [9.17, 15) is 9.59 Å². The highest BCUT2D eigenvalue weighted by Crippen LogP contribution is 2.11. The molecule has 0 aliphatic carbocycles. The molecule has 0 rings (SSSR count). The zero-order valence-corrected chi connectivity index (χ0v) is 12.9. The highest BCUT2D eigenvalue weighted by atomic mass is 16.1. The van der Waals surface area contributed by atoms with Gasteiger partial charge in [0, 0.05) is 19.3 Å². The van der Waals surface area contributed by atoms with Crippen molar-refractivity contribution in [1.29, 1.82) is 0 Å². The molecule has 0 aromatic rings. The molecule has 0 saturated heterocycles. The number of carbonyl (C=O) groups excluding carboxylic acids is 2. The fraction of sp³-hybridized carbons (Fsp3) is 0.647. The molecule has 0 saturated carbocycles. The van der Waals surface area contributed by atoms with Gasteiger partial charge in [-0.2, -0.15) is 0 Å². The van der Waals surface area contributed by atoms with Gasteiger partial charge in [0.25, 0.3) is 0 Å². The van der Waals surface area contributed by atoms with Gasteiger partial charge >= 0.3 is 0 Å². The van der Waals surface area contributed by atoms with Crippen molar-refractivity contribution in [3.8, 4) is 0 Å². The van der Waals surface area contributed by atoms with E-state index in [1.807, 2.05) is 6.92 Å². The molecule has 0 fully saturated rings. The second-order valence-corrected chi connectivity index (χ2v) is 5.27. The molecule has 2 heteroatoms. The number of ketones is 2. The lowest BCUT2D eigenvalue weighted by Crippen LogP contribution is -1.94. The second-order valence-electron chi connectivity index (χ2n) is 5.27. The Labute approximate surface area is 118 Å². The molecular formula is C17H28O2. The maximum Gasteiger partial charge on any atom is 0.132 e. The third-order valence-electron chi connectivity index (χ3n) is 3.21. The summed E-state index contributed by atoms with van der Waals surface area (Å²) in [4.78, 5) is 22.0. The molecule has 108 valence electrons. The van der Waals surface area contributed by atoms with Gasteiger partial charge in [0.1, 0.15) is 11.6 Å². The lowest BCUT2D eigenvalue weighted by molar-refractivity contribution is -0.119. The summed E-state index contributed by atoms with van der Waals surface area (Å²) in [7, 11) is 0. The third kappa shape index (κ3) is 11.6. The first-order valence-electron chi connectivity index (χ1n) is 7.28. The Morgan fingerprint density at radius 3 is 1.84 bits per heavy atom. The van der Waals surface area contributed by atoms with Crippen molar-refractivity contribution in [2.45, 2.75) is 72.6 Å². The van der Waals surface area contributed by atoms with Crippen LogP contribution in [0.4, 0.5) is 0 Å². The van der Waals surface area contributed by atoms with Gasteiger partial charge < -0.3 is 4.79 Å². The van der Waals surface area contributed by atoms with Crippen LogP contribution < -0.4 is 0 Å². The summed E-state index contributed by atoms with van der Waals surface area (Å²) in [6.07, 6.45) is 10.2. The van der Waals surface area contributed by atoms with E-state index in [0.717, 1.165) is 25.7 Å². The number of allylic oxidation sites excluding steroid dienone is 4. The number of Topliss-reactive ketones (excluding diaryl/α,β-unsaturated/α-hetero) is 2. The highest BCUT2D eigenvalue weighted by Gasteiger charge is 1.98. The zero-order valence-electron chi connectivity index (χ0n) is 12.9. The Kier molecular flexibility index (Phi) is 10.1. The predicted octanol–water partition coefficient (Wildman–Crippen LogP) is 4.79. The molecule has 0 aromatic heterocycles. The van der Waals surface area contributed by atoms with Crippen LogP contribution >= 0.6 is 0 Å². The van der Waals surface area contributed by atoms with Crippen LogP contribution in [0.2, 0.25) is 0 Å². The van der Waals surface area contributed by atoms with Crippen molar-refractivity contribution >= 4 is 11.6 Å². The molecule has 0 aliphatic rings. The molecule has 2 nitrogen and oxygen atoms in total. The zero-order chi connectivity index (χ0) is 14.7. The standard InChI is InChI=1S/C17H28O2/c1-5-17(19)13-12-15(3)9-6-8-14(2)10-7-11-16(4)18/h9-10H,5-8,11-13H2,1-4H3. The predicted molar refractivity (Wildman–Crippen MR) is 81.2 cm³/mol. The maximum atomic E-state index is 11.2. The molecule has 19 heavy (non-hydrogen) atoms. The van der Waals surface area contributed by atoms with E-state index in [0.29, 0.717) is 25.0 Å². The number of rotatable bonds is 10. The molecule has 0 aliphatic heterocycles. The summed E-state index contributed by atoms with van der Waals surface area (Å²) in [5, 5.41) is 0. The van der Waals surface area contributed by atoms with Crippen molar-refractivity contribution < 1.29 is 9.59 Å². The lowest BCUT2D eigenvalue weighted by atomic mass is 10.0. The molecule has 0 unspecified atom stereocenters. The van der Waals surface area contributed by atoms with Gasteiger partial charge in [-0.05, 0) is 46.5 Å². The van der Waals surface area contributed by atoms with Crippen molar-refractivity contribution in [2.75, 3.05) is 0 Å². The van der Waals surface area contributed by atoms with Gasteiger partial charge in [0.2, 0.25) is 0 Å². The van der Waals surface area contributed by atoms with E-state index in [4.69, 9.17) is 0 Å². The largest absolute Gasteiger partial charge is 0.300 e. The van der Waals surface area contributed by atoms with Crippen LogP contribution in [-0.2, 0) is 9.59 Å². The minimum Gasteiger partial charge on any atom is -0.300 e. The SMILES string of the molecule is CCC(=O)CCC(C)=CCCC(C)=CCCC(C)=O.